The van der Waals surface area contributed by atoms with Crippen LogP contribution in [0.4, 0.5) is 0 Å². The van der Waals surface area contributed by atoms with E-state index in [1.54, 1.807) is 10.6 Å². The molecule has 2 N–H and O–H groups in total. The summed E-state index contributed by atoms with van der Waals surface area (Å²) in [5, 5.41) is 8.85. The van der Waals surface area contributed by atoms with E-state index in [-0.39, 0.29) is 11.5 Å². The lowest BCUT2D eigenvalue weighted by molar-refractivity contribution is 0.171. The van der Waals surface area contributed by atoms with Gasteiger partial charge in [0.1, 0.15) is 18.7 Å². The number of nitrogens with zero attached hydrogens (tertiary/aromatic N) is 4. The molecule has 13 heteroatoms. The van der Waals surface area contributed by atoms with Gasteiger partial charge in [-0.25, -0.2) is 18.4 Å². The van der Waals surface area contributed by atoms with E-state index in [4.69, 9.17) is 19.9 Å². The van der Waals surface area contributed by atoms with Gasteiger partial charge in [-0.05, 0) is 47.3 Å². The van der Waals surface area contributed by atoms with Gasteiger partial charge in [0.15, 0.2) is 27.8 Å². The van der Waals surface area contributed by atoms with Gasteiger partial charge in [-0.3, -0.25) is 5.41 Å². The number of halogens is 1. The molecule has 0 spiro atoms. The molecule has 1 fully saturated rings. The molecule has 0 aliphatic carbocycles. The molecule has 1 atom stereocenters. The van der Waals surface area contributed by atoms with Crippen LogP contribution in [0.15, 0.2) is 33.0 Å². The van der Waals surface area contributed by atoms with Gasteiger partial charge in [-0.1, -0.05) is 18.2 Å². The van der Waals surface area contributed by atoms with Crippen LogP contribution in [0.5, 0.6) is 11.5 Å². The fraction of sp³-hybridized carbons (Fsp3) is 0.476. The average molecular weight is 570 g/mol. The van der Waals surface area contributed by atoms with Gasteiger partial charge in [0.25, 0.3) is 0 Å². The van der Waals surface area contributed by atoms with E-state index in [1.807, 2.05) is 16.7 Å². The van der Waals surface area contributed by atoms with Crippen LogP contribution >= 0.6 is 27.7 Å². The third kappa shape index (κ3) is 4.83. The molecular weight excluding hydrogens is 544 g/mol. The SMILES string of the molecule is CS(=O)(=O)N1CCCCC1CCn1cnc(=N)c2[nH]c(Sc3cc4c(cc3Br)OCCO4)nc21. The second-order valence-electron chi connectivity index (χ2n) is 8.37. The van der Waals surface area contributed by atoms with Gasteiger partial charge >= 0.3 is 0 Å². The number of aromatic nitrogens is 4. The van der Waals surface area contributed by atoms with E-state index in [0.29, 0.717) is 60.5 Å². The molecule has 182 valence electrons. The maximum Gasteiger partial charge on any atom is 0.211 e. The number of ether oxygens (including phenoxy) is 2. The minimum atomic E-state index is -3.24. The standard InChI is InChI=1S/C21H25BrN6O4S2/c1-34(29,30)28-6-3-2-4-13(28)5-7-27-12-24-19(23)18-20(27)26-21(25-18)33-17-11-16-15(10-14(17)22)31-8-9-32-16/h10-13,23H,2-9H2,1H3,(H,25,26). The van der Waals surface area contributed by atoms with Crippen LogP contribution in [0.2, 0.25) is 0 Å². The van der Waals surface area contributed by atoms with Crippen LogP contribution in [0, 0.1) is 5.41 Å². The zero-order valence-corrected chi connectivity index (χ0v) is 21.8. The predicted octanol–water partition coefficient (Wildman–Crippen LogP) is 3.13. The number of H-pyrrole nitrogens is 1. The summed E-state index contributed by atoms with van der Waals surface area (Å²) in [5.41, 5.74) is 1.28. The number of aromatic amines is 1. The monoisotopic (exact) mass is 568 g/mol. The number of piperidine rings is 1. The van der Waals surface area contributed by atoms with Crippen molar-refractivity contribution < 1.29 is 17.9 Å². The van der Waals surface area contributed by atoms with E-state index in [9.17, 15) is 8.42 Å². The lowest BCUT2D eigenvalue weighted by atomic mass is 10.0. The van der Waals surface area contributed by atoms with Crippen molar-refractivity contribution in [1.82, 2.24) is 23.8 Å². The molecule has 2 aromatic heterocycles. The van der Waals surface area contributed by atoms with Crippen molar-refractivity contribution in [1.29, 1.82) is 5.41 Å². The van der Waals surface area contributed by atoms with Crippen molar-refractivity contribution in [2.45, 2.75) is 48.3 Å². The Morgan fingerprint density at radius 3 is 2.79 bits per heavy atom. The van der Waals surface area contributed by atoms with Crippen molar-refractivity contribution in [3.8, 4) is 11.5 Å². The molecule has 1 unspecified atom stereocenters. The smallest absolute Gasteiger partial charge is 0.211 e. The Bertz CT molecular complexity index is 1390. The van der Waals surface area contributed by atoms with Gasteiger partial charge < -0.3 is 19.0 Å². The number of hydrogen-bond donors (Lipinski definition) is 2. The third-order valence-corrected chi connectivity index (χ3v) is 9.20. The van der Waals surface area contributed by atoms with E-state index < -0.39 is 10.0 Å². The molecular formula is C21H25BrN6O4S2. The van der Waals surface area contributed by atoms with Gasteiger partial charge in [0.05, 0.1) is 12.6 Å². The number of hydrogen-bond acceptors (Lipinski definition) is 8. The Balaban J connectivity index is 1.40. The lowest BCUT2D eigenvalue weighted by Crippen LogP contribution is -2.43. The highest BCUT2D eigenvalue weighted by Gasteiger charge is 2.29. The zero-order valence-electron chi connectivity index (χ0n) is 18.6. The predicted molar refractivity (Wildman–Crippen MR) is 131 cm³/mol. The minimum Gasteiger partial charge on any atom is -0.486 e. The Hall–Kier alpha value is -2.09. The molecule has 1 aromatic carbocycles. The Morgan fingerprint density at radius 2 is 2.03 bits per heavy atom. The van der Waals surface area contributed by atoms with Gasteiger partial charge in [0, 0.05) is 28.5 Å². The number of benzene rings is 1. The molecule has 0 saturated carbocycles. The number of fused-ring (bicyclic) bond motifs is 2. The summed E-state index contributed by atoms with van der Waals surface area (Å²) in [5.74, 6) is 1.39. The summed E-state index contributed by atoms with van der Waals surface area (Å²) in [7, 11) is -3.24. The van der Waals surface area contributed by atoms with Crippen molar-refractivity contribution in [3.05, 3.63) is 28.4 Å². The maximum absolute atomic E-state index is 12.2. The second kappa shape index (κ2) is 9.51. The number of sulfonamides is 1. The Kier molecular flexibility index (Phi) is 6.62. The summed E-state index contributed by atoms with van der Waals surface area (Å²) >= 11 is 5.01. The highest BCUT2D eigenvalue weighted by Crippen LogP contribution is 2.41. The molecule has 10 nitrogen and oxygen atoms in total. The molecule has 2 aliphatic rings. The third-order valence-electron chi connectivity index (χ3n) is 6.00. The lowest BCUT2D eigenvalue weighted by Gasteiger charge is -2.33. The Labute approximate surface area is 209 Å². The molecule has 0 bridgehead atoms. The van der Waals surface area contributed by atoms with Gasteiger partial charge in [0.2, 0.25) is 10.0 Å². The molecule has 0 radical (unpaired) electrons. The van der Waals surface area contributed by atoms with E-state index >= 15 is 0 Å². The summed E-state index contributed by atoms with van der Waals surface area (Å²) in [6, 6.07) is 3.76. The minimum absolute atomic E-state index is 0.0385. The molecule has 0 amide bonds. The van der Waals surface area contributed by atoms with E-state index in [0.717, 1.165) is 28.6 Å². The molecule has 3 aromatic rings. The van der Waals surface area contributed by atoms with Crippen LogP contribution in [0.3, 0.4) is 0 Å². The van der Waals surface area contributed by atoms with Crippen molar-refractivity contribution in [3.63, 3.8) is 0 Å². The van der Waals surface area contributed by atoms with Crippen molar-refractivity contribution in [2.75, 3.05) is 26.0 Å². The van der Waals surface area contributed by atoms with Crippen LogP contribution in [0.25, 0.3) is 11.2 Å². The second-order valence-corrected chi connectivity index (χ2v) is 12.2. The normalized spacial score (nSPS) is 18.9. The van der Waals surface area contributed by atoms with Crippen LogP contribution in [-0.2, 0) is 16.6 Å². The first-order chi connectivity index (χ1) is 16.3. The molecule has 5 rings (SSSR count). The highest BCUT2D eigenvalue weighted by molar-refractivity contribution is 9.10. The molecule has 1 saturated heterocycles. The number of nitrogens with one attached hydrogen (secondary N) is 2. The summed E-state index contributed by atoms with van der Waals surface area (Å²) in [6.07, 6.45) is 6.31. The first kappa shape index (κ1) is 23.6. The topological polar surface area (TPSA) is 126 Å². The largest absolute Gasteiger partial charge is 0.486 e. The van der Waals surface area contributed by atoms with E-state index in [2.05, 4.69) is 25.9 Å². The summed E-state index contributed by atoms with van der Waals surface area (Å²) < 4.78 is 40.1. The zero-order chi connectivity index (χ0) is 23.9. The number of rotatable bonds is 6. The van der Waals surface area contributed by atoms with Crippen molar-refractivity contribution in [2.24, 2.45) is 0 Å². The van der Waals surface area contributed by atoms with Crippen LogP contribution in [0.1, 0.15) is 25.7 Å². The van der Waals surface area contributed by atoms with Gasteiger partial charge in [-0.2, -0.15) is 4.31 Å². The van der Waals surface area contributed by atoms with E-state index in [1.165, 1.54) is 18.0 Å². The molecule has 2 aliphatic heterocycles. The fourth-order valence-corrected chi connectivity index (χ4v) is 6.98. The first-order valence-corrected chi connectivity index (χ1v) is 14.5. The Morgan fingerprint density at radius 1 is 1.26 bits per heavy atom. The molecule has 34 heavy (non-hydrogen) atoms. The quantitative estimate of drug-likeness (QED) is 0.467. The van der Waals surface area contributed by atoms with Gasteiger partial charge in [-0.15, -0.1) is 0 Å². The molecule has 4 heterocycles. The first-order valence-electron chi connectivity index (χ1n) is 11.0. The van der Waals surface area contributed by atoms with Crippen LogP contribution < -0.4 is 15.0 Å². The van der Waals surface area contributed by atoms with Crippen molar-refractivity contribution >= 4 is 48.9 Å². The summed E-state index contributed by atoms with van der Waals surface area (Å²) in [6.45, 7) is 2.16. The fourth-order valence-electron chi connectivity index (χ4n) is 4.39. The van der Waals surface area contributed by atoms with Crippen LogP contribution in [-0.4, -0.2) is 64.3 Å². The maximum atomic E-state index is 12.2. The highest BCUT2D eigenvalue weighted by atomic mass is 79.9. The summed E-state index contributed by atoms with van der Waals surface area (Å²) in [4.78, 5) is 13.1. The average Bonchev–Trinajstić information content (AvgIpc) is 3.23. The number of aryl methyl sites for hydroxylation is 1. The number of imidazole rings is 1.